The average molecular weight is 1270 g/mol. The van der Waals surface area contributed by atoms with Crippen LogP contribution in [-0.2, 0) is 0 Å². The summed E-state index contributed by atoms with van der Waals surface area (Å²) in [5.74, 6) is 1.40. The van der Waals surface area contributed by atoms with Gasteiger partial charge in [0, 0.05) is 58.8 Å². The highest BCUT2D eigenvalue weighted by Crippen LogP contribution is 2.34. The molecule has 0 atom stereocenters. The van der Waals surface area contributed by atoms with Crippen LogP contribution in [0.5, 0.6) is 34.5 Å². The molecule has 0 aliphatic carbocycles. The van der Waals surface area contributed by atoms with Gasteiger partial charge in [0.15, 0.2) is 6.29 Å². The summed E-state index contributed by atoms with van der Waals surface area (Å²) in [5, 5.41) is 44.2. The largest absolute Gasteiger partial charge is 0.506 e. The minimum Gasteiger partial charge on any atom is -0.506 e. The van der Waals surface area contributed by atoms with Gasteiger partial charge in [0.1, 0.15) is 34.5 Å². The normalized spacial score (nSPS) is 10.7. The van der Waals surface area contributed by atoms with Crippen molar-refractivity contribution in [3.63, 3.8) is 0 Å². The van der Waals surface area contributed by atoms with Crippen molar-refractivity contribution in [1.29, 1.82) is 0 Å². The maximum atomic E-state index is 12.9. The Balaban J connectivity index is 0.000000174. The highest BCUT2D eigenvalue weighted by molar-refractivity contribution is 6.11. The number of benzene rings is 11. The molecule has 0 aliphatic rings. The summed E-state index contributed by atoms with van der Waals surface area (Å²) in [6.07, 6.45) is 4.37. The van der Waals surface area contributed by atoms with Gasteiger partial charge >= 0.3 is 0 Å². The quantitative estimate of drug-likeness (QED) is 0.0155. The van der Waals surface area contributed by atoms with Crippen molar-refractivity contribution in [2.24, 2.45) is 4.99 Å². The van der Waals surface area contributed by atoms with Gasteiger partial charge < -0.3 is 51.2 Å². The van der Waals surface area contributed by atoms with Crippen LogP contribution in [0.3, 0.4) is 0 Å². The molecule has 3 amide bonds. The number of phenols is 3. The molecule has 11 aromatic rings. The maximum absolute atomic E-state index is 12.9. The first-order valence-corrected chi connectivity index (χ1v) is 31.5. The molecule has 15 heteroatoms. The number of nitrogen functional groups attached to an aromatic ring is 1. The third-order valence-corrected chi connectivity index (χ3v) is 15.4. The van der Waals surface area contributed by atoms with E-state index in [0.29, 0.717) is 97.7 Å². The smallest absolute Gasteiger partial charge is 0.255 e. The number of hydrogen-bond acceptors (Lipinski definition) is 12. The fourth-order valence-corrected chi connectivity index (χ4v) is 10.4. The second kappa shape index (κ2) is 34.8. The molecule has 0 aliphatic heterocycles. The summed E-state index contributed by atoms with van der Waals surface area (Å²) in [4.78, 5) is 53.6. The summed E-state index contributed by atoms with van der Waals surface area (Å²) in [6, 6.07) is 65.7. The molecule has 0 bridgehead atoms. The van der Waals surface area contributed by atoms with E-state index in [1.807, 2.05) is 174 Å². The second-order valence-corrected chi connectivity index (χ2v) is 22.8. The zero-order chi connectivity index (χ0) is 67.6. The fraction of sp³-hybridized carbons (Fsp3) is 0.188. The number of aliphatic imine (C=N–C) groups is 1. The number of aryl methyl sites for hydroxylation is 6. The van der Waals surface area contributed by atoms with E-state index in [4.69, 9.17) is 19.9 Å². The van der Waals surface area contributed by atoms with E-state index in [1.165, 1.54) is 22.8 Å². The van der Waals surface area contributed by atoms with E-state index in [1.54, 1.807) is 54.7 Å². The Bertz CT molecular complexity index is 4460. The molecule has 0 radical (unpaired) electrons. The van der Waals surface area contributed by atoms with Gasteiger partial charge in [-0.2, -0.15) is 0 Å². The Morgan fingerprint density at radius 1 is 0.411 bits per heavy atom. The monoisotopic (exact) mass is 1270 g/mol. The van der Waals surface area contributed by atoms with E-state index in [2.05, 4.69) is 46.1 Å². The number of nitrogens with two attached hydrogens (primary N) is 1. The van der Waals surface area contributed by atoms with Crippen molar-refractivity contribution in [3.8, 4) is 34.5 Å². The van der Waals surface area contributed by atoms with E-state index in [9.17, 15) is 34.5 Å². The van der Waals surface area contributed by atoms with Gasteiger partial charge in [-0.1, -0.05) is 168 Å². The second-order valence-electron chi connectivity index (χ2n) is 22.8. The molecule has 0 saturated heterocycles. The van der Waals surface area contributed by atoms with Gasteiger partial charge in [-0.25, -0.2) is 0 Å². The molecule has 0 fully saturated rings. The van der Waals surface area contributed by atoms with Crippen molar-refractivity contribution >= 4 is 73.9 Å². The first-order chi connectivity index (χ1) is 46.0. The van der Waals surface area contributed by atoms with E-state index >= 15 is 0 Å². The van der Waals surface area contributed by atoms with E-state index < -0.39 is 5.91 Å². The first kappa shape index (κ1) is 69.4. The number of carbonyl (C=O) groups excluding carboxylic acids is 4. The van der Waals surface area contributed by atoms with Gasteiger partial charge in [0.2, 0.25) is 0 Å². The molecule has 95 heavy (non-hydrogen) atoms. The van der Waals surface area contributed by atoms with Crippen LogP contribution >= 0.6 is 0 Å². The molecule has 0 spiro atoms. The van der Waals surface area contributed by atoms with Crippen molar-refractivity contribution in [2.75, 3.05) is 45.2 Å². The number of nitrogens with one attached hydrogen (secondary N) is 3. The van der Waals surface area contributed by atoms with Gasteiger partial charge in [-0.15, -0.1) is 0 Å². The van der Waals surface area contributed by atoms with Crippen LogP contribution in [0.2, 0.25) is 0 Å². The number of phenolic OH excluding ortho intramolecular Hbond substituents is 3. The van der Waals surface area contributed by atoms with Crippen LogP contribution in [0.4, 0.5) is 11.4 Å². The Kier molecular flexibility index (Phi) is 25.5. The Morgan fingerprint density at radius 2 is 0.779 bits per heavy atom. The topological polar surface area (TPSA) is 231 Å². The summed E-state index contributed by atoms with van der Waals surface area (Å²) in [7, 11) is 0. The molecule has 8 N–H and O–H groups in total. The van der Waals surface area contributed by atoms with Crippen molar-refractivity contribution in [1.82, 2.24) is 16.0 Å². The number of nitrogens with zero attached hydrogens (tertiary/aromatic N) is 1. The number of fused-ring (bicyclic) bond motifs is 3. The average Bonchev–Trinajstić information content (AvgIpc) is 0.805. The van der Waals surface area contributed by atoms with Crippen LogP contribution in [-0.4, -0.2) is 85.0 Å². The Morgan fingerprint density at radius 3 is 1.20 bits per heavy atom. The molecule has 0 unspecified atom stereocenters. The number of aromatic hydroxyl groups is 3. The molecule has 15 nitrogen and oxygen atoms in total. The SMILES string of the molecule is Cc1ccc(OCCCNC(=O)c2cc(C=Nc3ccccc3)c3ccccc3c2O)c(C)c1.Cc1ccc(OCCCNC(=O)c2cc(C=O)c3ccccc3c2O)c(C)c1.Cc1ccc(OCCCNC(=O)c2ccc3ccccc3c2O)c(C)c1.Nc1ccccc1. The minimum atomic E-state index is -0.419. The maximum Gasteiger partial charge on any atom is 0.255 e. The minimum absolute atomic E-state index is 0.0205. The van der Waals surface area contributed by atoms with Crippen molar-refractivity contribution < 1.29 is 48.7 Å². The van der Waals surface area contributed by atoms with Gasteiger partial charge in [0.25, 0.3) is 17.7 Å². The Hall–Kier alpha value is -11.5. The fourth-order valence-electron chi connectivity index (χ4n) is 10.4. The molecule has 11 rings (SSSR count). The van der Waals surface area contributed by atoms with Gasteiger partial charge in [0.05, 0.1) is 42.2 Å². The number of hydrogen-bond donors (Lipinski definition) is 7. The summed E-state index contributed by atoms with van der Waals surface area (Å²) in [6.45, 7) is 15.0. The molecular weight excluding hydrogens is 1190 g/mol. The van der Waals surface area contributed by atoms with E-state index in [-0.39, 0.29) is 40.2 Å². The lowest BCUT2D eigenvalue weighted by Crippen LogP contribution is -2.26. The highest BCUT2D eigenvalue weighted by atomic mass is 16.5. The lowest BCUT2D eigenvalue weighted by Gasteiger charge is -2.12. The predicted molar refractivity (Wildman–Crippen MR) is 382 cm³/mol. The zero-order valence-electron chi connectivity index (χ0n) is 54.4. The summed E-state index contributed by atoms with van der Waals surface area (Å²) >= 11 is 0. The number of para-hydroxylation sites is 2. The molecular formula is C80H81N5O10. The standard InChI is InChI=1S/C29H28N2O3.C23H23NO4.C22H23NO3.C6H7N/c1-20-13-14-27(21(2)17-20)34-16-8-15-30-29(33)26-18-22(19-31-23-9-4-3-5-10-23)24-11-6-7-12-25(24)28(26)32;1-15-8-9-21(16(2)12-15)28-11-5-10-24-23(27)20-13-17(14-25)18-6-3-4-7-19(18)22(20)26;1-15-8-11-20(16(2)14-15)26-13-5-12-23-22(25)19-10-9-17-6-3-4-7-18(17)21(19)24;7-6-4-2-1-3-5-6/h3-7,9-14,17-19,32H,8,15-16H2,1-2H3,(H,30,33);3-4,6-9,12-14,26H,5,10-11H2,1-2H3,(H,24,27);3-4,6-11,14,24H,5,12-13H2,1-2H3,(H,23,25);1-5H,7H2. The number of aldehydes is 1. The first-order valence-electron chi connectivity index (χ1n) is 31.5. The van der Waals surface area contributed by atoms with Crippen LogP contribution in [0, 0.1) is 41.5 Å². The Labute approximate surface area is 554 Å². The molecule has 0 saturated carbocycles. The van der Waals surface area contributed by atoms with E-state index in [0.717, 1.165) is 61.6 Å². The van der Waals surface area contributed by atoms with Crippen molar-refractivity contribution in [3.05, 3.63) is 274 Å². The number of amides is 3. The number of anilines is 1. The third-order valence-electron chi connectivity index (χ3n) is 15.4. The summed E-state index contributed by atoms with van der Waals surface area (Å²) < 4.78 is 17.3. The van der Waals surface area contributed by atoms with Crippen LogP contribution < -0.4 is 35.9 Å². The highest BCUT2D eigenvalue weighted by Gasteiger charge is 2.19. The summed E-state index contributed by atoms with van der Waals surface area (Å²) in [5.41, 5.74) is 15.6. The molecule has 11 aromatic carbocycles. The van der Waals surface area contributed by atoms with Crippen LogP contribution in [0.1, 0.15) is 99.6 Å². The number of ether oxygens (including phenoxy) is 3. The van der Waals surface area contributed by atoms with Gasteiger partial charge in [-0.3, -0.25) is 24.2 Å². The zero-order valence-corrected chi connectivity index (χ0v) is 54.4. The third kappa shape index (κ3) is 19.8. The van der Waals surface area contributed by atoms with Crippen molar-refractivity contribution in [2.45, 2.75) is 60.8 Å². The molecule has 486 valence electrons. The molecule has 0 aromatic heterocycles. The van der Waals surface area contributed by atoms with Crippen LogP contribution in [0.25, 0.3) is 32.3 Å². The van der Waals surface area contributed by atoms with Gasteiger partial charge in [-0.05, 0) is 154 Å². The number of carbonyl (C=O) groups is 4. The predicted octanol–water partition coefficient (Wildman–Crippen LogP) is 15.9. The molecule has 0 heterocycles. The number of rotatable bonds is 21. The van der Waals surface area contributed by atoms with Crippen LogP contribution in [0.15, 0.2) is 217 Å². The lowest BCUT2D eigenvalue weighted by molar-refractivity contribution is 0.0940. The lowest BCUT2D eigenvalue weighted by atomic mass is 9.99.